The van der Waals surface area contributed by atoms with Crippen molar-refractivity contribution < 1.29 is 29.0 Å². The number of terminal acetylenes is 1. The SMILES string of the molecule is C#CC(/C=C\C(O)=C/C(C)C)C(=O)NC(C)(C)CCCCC(=O)NC(/C(=C\CCC)N1CCCC1)C(C)C.CC.Cc1ccc(COC(=N)C(=O)C(NC=O)C(C)C)cc1. The second-order valence-electron chi connectivity index (χ2n) is 16.8. The van der Waals surface area contributed by atoms with Gasteiger partial charge in [0.15, 0.2) is 0 Å². The summed E-state index contributed by atoms with van der Waals surface area (Å²) in [6.45, 7) is 26.3. The molecule has 1 aliphatic heterocycles. The molecule has 1 aromatic carbocycles. The largest absolute Gasteiger partial charge is 0.508 e. The van der Waals surface area contributed by atoms with Gasteiger partial charge >= 0.3 is 0 Å². The Labute approximate surface area is 363 Å². The summed E-state index contributed by atoms with van der Waals surface area (Å²) in [6, 6.07) is 6.96. The van der Waals surface area contributed by atoms with E-state index >= 15 is 0 Å². The number of aryl methyl sites for hydroxylation is 1. The topological polar surface area (TPSA) is 161 Å². The fraction of sp³-hybridized carbons (Fsp3) is 0.612. The van der Waals surface area contributed by atoms with E-state index in [0.29, 0.717) is 18.7 Å². The lowest BCUT2D eigenvalue weighted by molar-refractivity contribution is -0.124. The monoisotopic (exact) mass is 834 g/mol. The van der Waals surface area contributed by atoms with Gasteiger partial charge < -0.3 is 30.7 Å². The number of ketones is 1. The fourth-order valence-electron chi connectivity index (χ4n) is 6.38. The minimum Gasteiger partial charge on any atom is -0.508 e. The molecule has 1 fully saturated rings. The number of amides is 3. The van der Waals surface area contributed by atoms with E-state index in [1.54, 1.807) is 26.0 Å². The van der Waals surface area contributed by atoms with Gasteiger partial charge in [0.25, 0.3) is 5.90 Å². The van der Waals surface area contributed by atoms with Crippen molar-refractivity contribution in [2.75, 3.05) is 13.1 Å². The minimum absolute atomic E-state index is 0.0337. The number of aliphatic hydroxyl groups is 1. The highest BCUT2D eigenvalue weighted by Gasteiger charge is 2.28. The summed E-state index contributed by atoms with van der Waals surface area (Å²) in [5, 5.41) is 26.3. The Balaban J connectivity index is 0.00000132. The van der Waals surface area contributed by atoms with Crippen LogP contribution < -0.4 is 16.0 Å². The van der Waals surface area contributed by atoms with Crippen molar-refractivity contribution in [3.63, 3.8) is 0 Å². The lowest BCUT2D eigenvalue weighted by atomic mass is 9.95. The van der Waals surface area contributed by atoms with Crippen LogP contribution in [0.1, 0.15) is 139 Å². The molecule has 11 nitrogen and oxygen atoms in total. The standard InChI is InChI=1S/C32H53N3O3.C15H20N2O3.C2H6/c1-9-11-16-28(35-21-14-15-22-35)30(25(5)6)33-29(37)17-12-13-20-32(7,8)34-31(38)26(10-2)18-19-27(36)23-24(3)4;1-10(2)13(17-9-18)14(19)15(16)20-8-12-6-4-11(3)5-7-12;1-2/h2,16,18-19,23-26,30,36H,9,11-15,17,20-22H2,1,3-8H3,(H,33,37)(H,34,38);4-7,9-10,13,16H,8H2,1-3H3,(H,17,18);1-2H3/b19-18-,27-23+,28-16+;;. The van der Waals surface area contributed by atoms with Crippen LogP contribution >= 0.6 is 0 Å². The van der Waals surface area contributed by atoms with E-state index in [0.717, 1.165) is 56.3 Å². The molecule has 1 saturated heterocycles. The van der Waals surface area contributed by atoms with Gasteiger partial charge in [-0.1, -0.05) is 123 Å². The van der Waals surface area contributed by atoms with Gasteiger partial charge in [0, 0.05) is 30.7 Å². The van der Waals surface area contributed by atoms with E-state index in [4.69, 9.17) is 16.6 Å². The molecule has 0 saturated carbocycles. The molecule has 1 aliphatic rings. The smallest absolute Gasteiger partial charge is 0.253 e. The maximum atomic E-state index is 12.9. The molecule has 0 aromatic heterocycles. The Hall–Kier alpha value is -4.85. The Bertz CT molecular complexity index is 1580. The third-order valence-corrected chi connectivity index (χ3v) is 9.68. The van der Waals surface area contributed by atoms with Gasteiger partial charge in [-0.3, -0.25) is 24.6 Å². The van der Waals surface area contributed by atoms with Gasteiger partial charge in [0.2, 0.25) is 24.0 Å². The number of allylic oxidation sites excluding steroid dienone is 3. The first kappa shape index (κ1) is 55.2. The molecule has 0 radical (unpaired) electrons. The number of hydrogen-bond acceptors (Lipinski definition) is 8. The molecule has 336 valence electrons. The maximum absolute atomic E-state index is 12.9. The van der Waals surface area contributed by atoms with Crippen molar-refractivity contribution in [1.29, 1.82) is 5.41 Å². The first-order valence-corrected chi connectivity index (χ1v) is 22.0. The zero-order valence-electron chi connectivity index (χ0n) is 39.0. The number of rotatable bonds is 23. The number of hydrogen-bond donors (Lipinski definition) is 5. The van der Waals surface area contributed by atoms with Crippen molar-refractivity contribution in [1.82, 2.24) is 20.9 Å². The second kappa shape index (κ2) is 30.2. The molecule has 5 N–H and O–H groups in total. The third-order valence-electron chi connectivity index (χ3n) is 9.68. The lowest BCUT2D eigenvalue weighted by Gasteiger charge is -2.32. The van der Waals surface area contributed by atoms with E-state index in [-0.39, 0.29) is 42.1 Å². The minimum atomic E-state index is -0.763. The molecule has 1 heterocycles. The molecule has 60 heavy (non-hydrogen) atoms. The zero-order chi connectivity index (χ0) is 45.8. The number of carbonyl (C=O) groups excluding carboxylic acids is 4. The highest BCUT2D eigenvalue weighted by Crippen LogP contribution is 2.23. The van der Waals surface area contributed by atoms with Crippen molar-refractivity contribution in [2.45, 2.75) is 159 Å². The third kappa shape index (κ3) is 22.5. The van der Waals surface area contributed by atoms with Crippen molar-refractivity contribution in [2.24, 2.45) is 23.7 Å². The van der Waals surface area contributed by atoms with E-state index in [1.807, 2.05) is 72.7 Å². The highest BCUT2D eigenvalue weighted by atomic mass is 16.5. The summed E-state index contributed by atoms with van der Waals surface area (Å²) in [7, 11) is 0. The predicted octanol–water partition coefficient (Wildman–Crippen LogP) is 9.12. The number of unbranched alkanes of at least 4 members (excludes halogenated alkanes) is 2. The first-order chi connectivity index (χ1) is 28.3. The first-order valence-electron chi connectivity index (χ1n) is 22.0. The van der Waals surface area contributed by atoms with E-state index in [2.05, 4.69) is 53.6 Å². The van der Waals surface area contributed by atoms with Gasteiger partial charge in [-0.25, -0.2) is 0 Å². The summed E-state index contributed by atoms with van der Waals surface area (Å²) < 4.78 is 5.19. The molecule has 11 heteroatoms. The number of nitrogens with one attached hydrogen (secondary N) is 4. The number of Topliss-reactive ketones (excluding diaryl/α,β-unsaturated/α-hetero) is 1. The average molecular weight is 834 g/mol. The molecule has 2 rings (SSSR count). The van der Waals surface area contributed by atoms with Crippen LogP contribution in [-0.4, -0.2) is 70.6 Å². The highest BCUT2D eigenvalue weighted by molar-refractivity contribution is 6.37. The maximum Gasteiger partial charge on any atom is 0.253 e. The van der Waals surface area contributed by atoms with E-state index in [9.17, 15) is 24.3 Å². The van der Waals surface area contributed by atoms with Crippen LogP contribution in [0.3, 0.4) is 0 Å². The summed E-state index contributed by atoms with van der Waals surface area (Å²) in [5.41, 5.74) is 2.84. The molecule has 3 unspecified atom stereocenters. The molecular formula is C49H79N5O6. The number of likely N-dealkylation sites (tertiary alicyclic amines) is 1. The molecule has 3 amide bonds. The van der Waals surface area contributed by atoms with Crippen molar-refractivity contribution in [3.8, 4) is 12.3 Å². The van der Waals surface area contributed by atoms with Gasteiger partial charge in [-0.15, -0.1) is 6.42 Å². The van der Waals surface area contributed by atoms with Crippen LogP contribution in [-0.2, 0) is 30.5 Å². The number of aliphatic hydroxyl groups excluding tert-OH is 1. The zero-order valence-corrected chi connectivity index (χ0v) is 39.0. The number of ether oxygens (including phenoxy) is 1. The predicted molar refractivity (Wildman–Crippen MR) is 246 cm³/mol. The number of nitrogens with zero attached hydrogens (tertiary/aromatic N) is 1. The average Bonchev–Trinajstić information content (AvgIpc) is 3.73. The van der Waals surface area contributed by atoms with Crippen LogP contribution in [0.4, 0.5) is 0 Å². The Morgan fingerprint density at radius 1 is 1.00 bits per heavy atom. The Kier molecular flexibility index (Phi) is 27.8. The van der Waals surface area contributed by atoms with Crippen LogP contribution in [0, 0.1) is 48.3 Å². The number of carbonyl (C=O) groups is 4. The molecule has 0 spiro atoms. The molecule has 1 aromatic rings. The molecular weight excluding hydrogens is 755 g/mol. The summed E-state index contributed by atoms with van der Waals surface area (Å²) >= 11 is 0. The van der Waals surface area contributed by atoms with Gasteiger partial charge in [0.1, 0.15) is 18.3 Å². The fourth-order valence-corrected chi connectivity index (χ4v) is 6.38. The van der Waals surface area contributed by atoms with Crippen molar-refractivity contribution in [3.05, 3.63) is 71.2 Å². The second-order valence-corrected chi connectivity index (χ2v) is 16.8. The van der Waals surface area contributed by atoms with Crippen LogP contribution in [0.25, 0.3) is 0 Å². The normalized spacial score (nSPS) is 14.6. The molecule has 0 bridgehead atoms. The quantitative estimate of drug-likeness (QED) is 0.0140. The Morgan fingerprint density at radius 3 is 2.12 bits per heavy atom. The summed E-state index contributed by atoms with van der Waals surface area (Å²) in [4.78, 5) is 50.5. The van der Waals surface area contributed by atoms with E-state index in [1.165, 1.54) is 24.6 Å². The molecule has 3 atom stereocenters. The lowest BCUT2D eigenvalue weighted by Crippen LogP contribution is -2.45. The van der Waals surface area contributed by atoms with E-state index < -0.39 is 29.2 Å². The molecule has 0 aliphatic carbocycles. The van der Waals surface area contributed by atoms with Gasteiger partial charge in [0.05, 0.1) is 12.1 Å². The van der Waals surface area contributed by atoms with Crippen LogP contribution in [0.2, 0.25) is 0 Å². The van der Waals surface area contributed by atoms with Crippen LogP contribution in [0.5, 0.6) is 0 Å². The number of benzene rings is 1. The summed E-state index contributed by atoms with van der Waals surface area (Å²) in [5.74, 6) is 1.10. The summed E-state index contributed by atoms with van der Waals surface area (Å²) in [6.07, 6.45) is 20.4. The van der Waals surface area contributed by atoms with Crippen LogP contribution in [0.15, 0.2) is 60.0 Å². The van der Waals surface area contributed by atoms with Gasteiger partial charge in [-0.2, -0.15) is 0 Å². The van der Waals surface area contributed by atoms with Crippen molar-refractivity contribution >= 4 is 29.9 Å². The Morgan fingerprint density at radius 2 is 1.60 bits per heavy atom. The van der Waals surface area contributed by atoms with Gasteiger partial charge in [-0.05, 0) is 88.3 Å².